The van der Waals surface area contributed by atoms with Crippen LogP contribution in [0.5, 0.6) is 0 Å². The lowest BCUT2D eigenvalue weighted by Crippen LogP contribution is -2.02. The van der Waals surface area contributed by atoms with Crippen molar-refractivity contribution in [3.8, 4) is 0 Å². The van der Waals surface area contributed by atoms with Crippen LogP contribution in [0.25, 0.3) is 32.7 Å². The number of nitrogens with zero attached hydrogens (tertiary/aromatic N) is 5. The Morgan fingerprint density at radius 3 is 2.26 bits per heavy atom. The third kappa shape index (κ3) is 6.44. The average molecular weight is 612 g/mol. The summed E-state index contributed by atoms with van der Waals surface area (Å²) in [6, 6.07) is 21.4. The van der Waals surface area contributed by atoms with Gasteiger partial charge in [0.25, 0.3) is 0 Å². The summed E-state index contributed by atoms with van der Waals surface area (Å²) in [6.07, 6.45) is 4.38. The third-order valence-corrected chi connectivity index (χ3v) is 7.66. The molecule has 216 valence electrons. The molecule has 0 amide bonds. The van der Waals surface area contributed by atoms with Gasteiger partial charge in [-0.25, -0.2) is 0 Å². The van der Waals surface area contributed by atoms with Crippen molar-refractivity contribution in [3.63, 3.8) is 0 Å². The van der Waals surface area contributed by atoms with Crippen molar-refractivity contribution in [2.24, 2.45) is 5.73 Å². The molecule has 3 aromatic carbocycles. The van der Waals surface area contributed by atoms with Crippen molar-refractivity contribution in [1.82, 2.24) is 35.2 Å². The van der Waals surface area contributed by atoms with E-state index in [1.165, 1.54) is 0 Å². The zero-order chi connectivity index (χ0) is 29.9. The SMILES string of the molecule is Cc1ccc2cc(Cn3cc(C(=O)CCc4[nH]nc5ccc(Cl)cc45)cn3)ccc2n1.NCc1[nH]nc2ccc(Cl)cc12. The summed E-state index contributed by atoms with van der Waals surface area (Å²) in [7, 11) is 0. The van der Waals surface area contributed by atoms with Crippen LogP contribution < -0.4 is 5.73 Å². The molecule has 11 heteroatoms. The number of Topliss-reactive ketones (excluding diaryl/α,β-unsaturated/α-hetero) is 1. The molecule has 0 atom stereocenters. The van der Waals surface area contributed by atoms with E-state index in [1.807, 2.05) is 61.7 Å². The normalized spacial score (nSPS) is 11.3. The Morgan fingerprint density at radius 2 is 1.53 bits per heavy atom. The maximum absolute atomic E-state index is 12.7. The summed E-state index contributed by atoms with van der Waals surface area (Å²) in [5, 5.41) is 23.0. The fourth-order valence-corrected chi connectivity index (χ4v) is 5.30. The van der Waals surface area contributed by atoms with Crippen LogP contribution in [0.2, 0.25) is 10.0 Å². The highest BCUT2D eigenvalue weighted by Gasteiger charge is 2.13. The Morgan fingerprint density at radius 1 is 0.860 bits per heavy atom. The Balaban J connectivity index is 0.000000229. The molecule has 7 rings (SSSR count). The van der Waals surface area contributed by atoms with Gasteiger partial charge in [0.2, 0.25) is 0 Å². The molecule has 0 aliphatic heterocycles. The van der Waals surface area contributed by atoms with Crippen LogP contribution in [-0.4, -0.2) is 40.9 Å². The molecule has 43 heavy (non-hydrogen) atoms. The molecule has 4 N–H and O–H groups in total. The van der Waals surface area contributed by atoms with Crippen LogP contribution in [0.3, 0.4) is 0 Å². The number of ketones is 1. The van der Waals surface area contributed by atoms with E-state index in [4.69, 9.17) is 28.9 Å². The van der Waals surface area contributed by atoms with Crippen molar-refractivity contribution in [1.29, 1.82) is 0 Å². The summed E-state index contributed by atoms with van der Waals surface area (Å²) < 4.78 is 1.79. The first kappa shape index (κ1) is 28.5. The lowest BCUT2D eigenvalue weighted by atomic mass is 10.1. The number of aryl methyl sites for hydroxylation is 2. The molecule has 0 bridgehead atoms. The van der Waals surface area contributed by atoms with Gasteiger partial charge in [-0.1, -0.05) is 35.3 Å². The molecule has 0 aliphatic rings. The zero-order valence-corrected chi connectivity index (χ0v) is 24.8. The predicted octanol–water partition coefficient (Wildman–Crippen LogP) is 6.81. The summed E-state index contributed by atoms with van der Waals surface area (Å²) in [5.41, 5.74) is 12.8. The lowest BCUT2D eigenvalue weighted by Gasteiger charge is -2.04. The molecule has 0 saturated carbocycles. The zero-order valence-electron chi connectivity index (χ0n) is 23.3. The highest BCUT2D eigenvalue weighted by Crippen LogP contribution is 2.23. The van der Waals surface area contributed by atoms with Gasteiger partial charge in [-0.3, -0.25) is 24.7 Å². The minimum atomic E-state index is 0.0502. The van der Waals surface area contributed by atoms with Gasteiger partial charge in [0.15, 0.2) is 5.78 Å². The van der Waals surface area contributed by atoms with Gasteiger partial charge < -0.3 is 5.73 Å². The van der Waals surface area contributed by atoms with E-state index >= 15 is 0 Å². The molecule has 4 heterocycles. The molecule has 0 fully saturated rings. The van der Waals surface area contributed by atoms with E-state index in [-0.39, 0.29) is 5.78 Å². The molecule has 9 nitrogen and oxygen atoms in total. The highest BCUT2D eigenvalue weighted by molar-refractivity contribution is 6.31. The lowest BCUT2D eigenvalue weighted by molar-refractivity contribution is 0.0982. The van der Waals surface area contributed by atoms with E-state index in [0.29, 0.717) is 41.5 Å². The number of nitrogens with one attached hydrogen (secondary N) is 2. The number of hydrogen-bond donors (Lipinski definition) is 3. The third-order valence-electron chi connectivity index (χ3n) is 7.19. The number of fused-ring (bicyclic) bond motifs is 3. The number of H-pyrrole nitrogens is 2. The summed E-state index contributed by atoms with van der Waals surface area (Å²) >= 11 is 11.9. The summed E-state index contributed by atoms with van der Waals surface area (Å²) in [6.45, 7) is 3.04. The maximum atomic E-state index is 12.7. The maximum Gasteiger partial charge on any atom is 0.166 e. The Hall–Kier alpha value is -4.57. The number of hydrogen-bond acceptors (Lipinski definition) is 6. The molecular formula is C32H28Cl2N8O. The smallest absolute Gasteiger partial charge is 0.166 e. The van der Waals surface area contributed by atoms with Crippen LogP contribution in [0.15, 0.2) is 79.1 Å². The Kier molecular flexibility index (Phi) is 8.20. The van der Waals surface area contributed by atoms with Gasteiger partial charge in [-0.15, -0.1) is 0 Å². The minimum absolute atomic E-state index is 0.0502. The second kappa shape index (κ2) is 12.3. The number of carbonyl (C=O) groups is 1. The molecule has 0 saturated heterocycles. The number of rotatable bonds is 7. The first-order chi connectivity index (χ1) is 20.9. The summed E-state index contributed by atoms with van der Waals surface area (Å²) in [4.78, 5) is 17.2. The van der Waals surface area contributed by atoms with Crippen molar-refractivity contribution in [2.75, 3.05) is 0 Å². The second-order valence-corrected chi connectivity index (χ2v) is 11.1. The largest absolute Gasteiger partial charge is 0.325 e. The monoisotopic (exact) mass is 610 g/mol. The quantitative estimate of drug-likeness (QED) is 0.170. The summed E-state index contributed by atoms with van der Waals surface area (Å²) in [5.74, 6) is 0.0502. The minimum Gasteiger partial charge on any atom is -0.325 e. The number of benzene rings is 3. The number of aromatic amines is 2. The fraction of sp³-hybridized carbons (Fsp3) is 0.156. The Labute approximate surface area is 257 Å². The molecule has 4 aromatic heterocycles. The van der Waals surface area contributed by atoms with E-state index in [0.717, 1.165) is 55.4 Å². The first-order valence-electron chi connectivity index (χ1n) is 13.7. The van der Waals surface area contributed by atoms with Gasteiger partial charge >= 0.3 is 0 Å². The molecule has 7 aromatic rings. The van der Waals surface area contributed by atoms with Gasteiger partial charge in [-0.05, 0) is 73.5 Å². The first-order valence-corrected chi connectivity index (χ1v) is 14.5. The van der Waals surface area contributed by atoms with Crippen molar-refractivity contribution in [3.05, 3.63) is 117 Å². The number of nitrogens with two attached hydrogens (primary N) is 1. The Bertz CT molecular complexity index is 2080. The van der Waals surface area contributed by atoms with E-state index in [2.05, 4.69) is 42.6 Å². The number of carbonyl (C=O) groups excluding carboxylic acids is 1. The van der Waals surface area contributed by atoms with Gasteiger partial charge in [0, 0.05) is 56.8 Å². The molecule has 0 spiro atoms. The van der Waals surface area contributed by atoms with Crippen LogP contribution in [-0.2, 0) is 19.5 Å². The van der Waals surface area contributed by atoms with E-state index in [9.17, 15) is 4.79 Å². The molecule has 0 radical (unpaired) electrons. The average Bonchev–Trinajstić information content (AvgIpc) is 3.74. The standard InChI is InChI=1S/C24H20ClN5O.C8H8ClN3/c1-15-2-4-17-10-16(3-6-21(17)27-15)13-30-14-18(12-26-30)24(31)9-8-23-20-11-19(25)5-7-22(20)28-29-23;9-5-1-2-7-6(3-5)8(4-10)12-11-7/h2-7,10-12,14H,8-9,13H2,1H3,(H,28,29);1-3H,4,10H2,(H,11,12). The van der Waals surface area contributed by atoms with Crippen LogP contribution in [0, 0.1) is 6.92 Å². The van der Waals surface area contributed by atoms with Crippen molar-refractivity contribution >= 4 is 61.7 Å². The highest BCUT2D eigenvalue weighted by atomic mass is 35.5. The van der Waals surface area contributed by atoms with Crippen molar-refractivity contribution < 1.29 is 4.79 Å². The molecular weight excluding hydrogens is 583 g/mol. The number of pyridine rings is 1. The second-order valence-electron chi connectivity index (χ2n) is 10.3. The van der Waals surface area contributed by atoms with Gasteiger partial charge in [0.05, 0.1) is 40.5 Å². The predicted molar refractivity (Wildman–Crippen MR) is 171 cm³/mol. The van der Waals surface area contributed by atoms with Crippen LogP contribution >= 0.6 is 23.2 Å². The fourth-order valence-electron chi connectivity index (χ4n) is 4.96. The molecule has 0 unspecified atom stereocenters. The van der Waals surface area contributed by atoms with Crippen LogP contribution in [0.4, 0.5) is 0 Å². The van der Waals surface area contributed by atoms with Crippen LogP contribution in [0.1, 0.15) is 39.4 Å². The van der Waals surface area contributed by atoms with E-state index < -0.39 is 0 Å². The van der Waals surface area contributed by atoms with Gasteiger partial charge in [-0.2, -0.15) is 15.3 Å². The van der Waals surface area contributed by atoms with E-state index in [1.54, 1.807) is 16.9 Å². The molecule has 0 aliphatic carbocycles. The van der Waals surface area contributed by atoms with Gasteiger partial charge in [0.1, 0.15) is 0 Å². The number of aromatic nitrogens is 7. The van der Waals surface area contributed by atoms with Crippen molar-refractivity contribution in [2.45, 2.75) is 32.9 Å². The number of halogens is 2. The topological polar surface area (TPSA) is 131 Å².